The first-order valence-corrected chi connectivity index (χ1v) is 8.85. The van der Waals surface area contributed by atoms with Crippen LogP contribution in [0, 0.1) is 13.8 Å². The van der Waals surface area contributed by atoms with Gasteiger partial charge < -0.3 is 0 Å². The van der Waals surface area contributed by atoms with E-state index in [0.29, 0.717) is 5.02 Å². The number of carbonyl (C=O) groups excluding carboxylic acids is 2. The summed E-state index contributed by atoms with van der Waals surface area (Å²) in [6.07, 6.45) is 0. The third kappa shape index (κ3) is 5.16. The standard InChI is InChI=1S/C17H16Cl2N2O2S/c1-10-3-6-15(11(2)7-10)24-9-16(22)20-21-17(23)13-8-12(18)4-5-14(13)19/h3-8H,9H2,1-2H3,(H,20,22)(H,21,23). The Labute approximate surface area is 154 Å². The van der Waals surface area contributed by atoms with Crippen LogP contribution in [0.2, 0.25) is 10.0 Å². The molecule has 0 aromatic heterocycles. The Hall–Kier alpha value is -1.69. The molecule has 0 saturated heterocycles. The highest BCUT2D eigenvalue weighted by Crippen LogP contribution is 2.23. The Morgan fingerprint density at radius 2 is 1.79 bits per heavy atom. The van der Waals surface area contributed by atoms with E-state index in [1.807, 2.05) is 26.0 Å². The molecule has 0 atom stereocenters. The van der Waals surface area contributed by atoms with Crippen LogP contribution in [0.1, 0.15) is 21.5 Å². The second-order valence-corrected chi connectivity index (χ2v) is 7.04. The normalized spacial score (nSPS) is 10.3. The molecular formula is C17H16Cl2N2O2S. The van der Waals surface area contributed by atoms with Gasteiger partial charge in [0.05, 0.1) is 16.3 Å². The quantitative estimate of drug-likeness (QED) is 0.616. The lowest BCUT2D eigenvalue weighted by molar-refractivity contribution is -0.119. The number of nitrogens with one attached hydrogen (secondary N) is 2. The summed E-state index contributed by atoms with van der Waals surface area (Å²) in [4.78, 5) is 24.9. The summed E-state index contributed by atoms with van der Waals surface area (Å²) in [6, 6.07) is 10.6. The maximum Gasteiger partial charge on any atom is 0.271 e. The molecular weight excluding hydrogens is 367 g/mol. The predicted octanol–water partition coefficient (Wildman–Crippen LogP) is 4.16. The molecule has 126 valence electrons. The monoisotopic (exact) mass is 382 g/mol. The van der Waals surface area contributed by atoms with E-state index in [1.165, 1.54) is 29.5 Å². The van der Waals surface area contributed by atoms with Gasteiger partial charge in [-0.3, -0.25) is 20.4 Å². The number of hydrazine groups is 1. The van der Waals surface area contributed by atoms with Crippen LogP contribution in [0.25, 0.3) is 0 Å². The summed E-state index contributed by atoms with van der Waals surface area (Å²) in [5.41, 5.74) is 7.19. The number of amides is 2. The topological polar surface area (TPSA) is 58.2 Å². The number of hydrogen-bond acceptors (Lipinski definition) is 3. The van der Waals surface area contributed by atoms with Crippen LogP contribution in [0.4, 0.5) is 0 Å². The second-order valence-electron chi connectivity index (χ2n) is 5.18. The van der Waals surface area contributed by atoms with Gasteiger partial charge in [0.15, 0.2) is 0 Å². The third-order valence-corrected chi connectivity index (χ3v) is 4.92. The Bertz CT molecular complexity index is 781. The molecule has 0 fully saturated rings. The van der Waals surface area contributed by atoms with E-state index < -0.39 is 5.91 Å². The van der Waals surface area contributed by atoms with Crippen LogP contribution in [0.15, 0.2) is 41.3 Å². The molecule has 0 saturated carbocycles. The van der Waals surface area contributed by atoms with E-state index in [-0.39, 0.29) is 22.2 Å². The second kappa shape index (κ2) is 8.42. The van der Waals surface area contributed by atoms with Gasteiger partial charge in [-0.25, -0.2) is 0 Å². The van der Waals surface area contributed by atoms with E-state index in [4.69, 9.17) is 23.2 Å². The fraction of sp³-hybridized carbons (Fsp3) is 0.176. The number of hydrogen-bond donors (Lipinski definition) is 2. The average Bonchev–Trinajstić information content (AvgIpc) is 2.54. The molecule has 0 aliphatic rings. The predicted molar refractivity (Wildman–Crippen MR) is 98.7 cm³/mol. The molecule has 0 unspecified atom stereocenters. The number of aryl methyl sites for hydroxylation is 2. The molecule has 24 heavy (non-hydrogen) atoms. The first-order valence-electron chi connectivity index (χ1n) is 7.11. The third-order valence-electron chi connectivity index (χ3n) is 3.18. The van der Waals surface area contributed by atoms with Gasteiger partial charge >= 0.3 is 0 Å². The zero-order chi connectivity index (χ0) is 17.7. The summed E-state index contributed by atoms with van der Waals surface area (Å²) < 4.78 is 0. The van der Waals surface area contributed by atoms with Crippen molar-refractivity contribution in [2.75, 3.05) is 5.75 Å². The highest BCUT2D eigenvalue weighted by atomic mass is 35.5. The van der Waals surface area contributed by atoms with Crippen LogP contribution in [0.3, 0.4) is 0 Å². The van der Waals surface area contributed by atoms with Crippen molar-refractivity contribution in [3.63, 3.8) is 0 Å². The molecule has 4 nitrogen and oxygen atoms in total. The summed E-state index contributed by atoms with van der Waals surface area (Å²) in [5.74, 6) is -0.646. The summed E-state index contributed by atoms with van der Waals surface area (Å²) in [7, 11) is 0. The molecule has 0 heterocycles. The van der Waals surface area contributed by atoms with Gasteiger partial charge in [-0.1, -0.05) is 40.9 Å². The van der Waals surface area contributed by atoms with Crippen LogP contribution in [-0.4, -0.2) is 17.6 Å². The highest BCUT2D eigenvalue weighted by Gasteiger charge is 2.12. The molecule has 0 radical (unpaired) electrons. The highest BCUT2D eigenvalue weighted by molar-refractivity contribution is 8.00. The summed E-state index contributed by atoms with van der Waals surface area (Å²) in [5, 5.41) is 0.650. The fourth-order valence-corrected chi connectivity index (χ4v) is 3.19. The lowest BCUT2D eigenvalue weighted by Crippen LogP contribution is -2.42. The van der Waals surface area contributed by atoms with Gasteiger partial charge in [-0.15, -0.1) is 11.8 Å². The van der Waals surface area contributed by atoms with E-state index in [0.717, 1.165) is 10.5 Å². The molecule has 0 spiro atoms. The maximum atomic E-state index is 12.0. The van der Waals surface area contributed by atoms with Crippen molar-refractivity contribution in [3.8, 4) is 0 Å². The summed E-state index contributed by atoms with van der Waals surface area (Å²) >= 11 is 13.2. The molecule has 2 N–H and O–H groups in total. The smallest absolute Gasteiger partial charge is 0.271 e. The van der Waals surface area contributed by atoms with Gasteiger partial charge in [0.2, 0.25) is 5.91 Å². The molecule has 2 amide bonds. The average molecular weight is 383 g/mol. The molecule has 0 aliphatic carbocycles. The molecule has 0 bridgehead atoms. The zero-order valence-corrected chi connectivity index (χ0v) is 15.5. The minimum Gasteiger partial charge on any atom is -0.272 e. The number of rotatable bonds is 4. The largest absolute Gasteiger partial charge is 0.272 e. The summed E-state index contributed by atoms with van der Waals surface area (Å²) in [6.45, 7) is 4.01. The van der Waals surface area contributed by atoms with Gasteiger partial charge in [-0.05, 0) is 43.7 Å². The van der Waals surface area contributed by atoms with Crippen molar-refractivity contribution >= 4 is 46.8 Å². The van der Waals surface area contributed by atoms with Gasteiger partial charge in [0.25, 0.3) is 5.91 Å². The van der Waals surface area contributed by atoms with Crippen LogP contribution < -0.4 is 10.9 Å². The Morgan fingerprint density at radius 1 is 1.04 bits per heavy atom. The maximum absolute atomic E-state index is 12.0. The van der Waals surface area contributed by atoms with E-state index in [2.05, 4.69) is 16.9 Å². The van der Waals surface area contributed by atoms with Crippen molar-refractivity contribution in [3.05, 3.63) is 63.1 Å². The first-order chi connectivity index (χ1) is 11.4. The SMILES string of the molecule is Cc1ccc(SCC(=O)NNC(=O)c2cc(Cl)ccc2Cl)c(C)c1. The number of benzene rings is 2. The first kappa shape index (κ1) is 18.6. The van der Waals surface area contributed by atoms with Crippen molar-refractivity contribution in [2.24, 2.45) is 0 Å². The number of halogens is 2. The fourth-order valence-electron chi connectivity index (χ4n) is 2.01. The molecule has 7 heteroatoms. The number of thioether (sulfide) groups is 1. The zero-order valence-electron chi connectivity index (χ0n) is 13.2. The van der Waals surface area contributed by atoms with Crippen molar-refractivity contribution in [2.45, 2.75) is 18.7 Å². The molecule has 2 aromatic carbocycles. The van der Waals surface area contributed by atoms with Crippen LogP contribution in [-0.2, 0) is 4.79 Å². The van der Waals surface area contributed by atoms with Gasteiger partial charge in [-0.2, -0.15) is 0 Å². The molecule has 2 rings (SSSR count). The van der Waals surface area contributed by atoms with Crippen molar-refractivity contribution in [1.82, 2.24) is 10.9 Å². The lowest BCUT2D eigenvalue weighted by Gasteiger charge is -2.10. The van der Waals surface area contributed by atoms with Crippen LogP contribution >= 0.6 is 35.0 Å². The van der Waals surface area contributed by atoms with Crippen molar-refractivity contribution < 1.29 is 9.59 Å². The van der Waals surface area contributed by atoms with E-state index in [1.54, 1.807) is 6.07 Å². The van der Waals surface area contributed by atoms with Crippen LogP contribution in [0.5, 0.6) is 0 Å². The van der Waals surface area contributed by atoms with E-state index in [9.17, 15) is 9.59 Å². The number of carbonyl (C=O) groups is 2. The molecule has 0 aliphatic heterocycles. The Morgan fingerprint density at radius 3 is 2.50 bits per heavy atom. The van der Waals surface area contributed by atoms with Gasteiger partial charge in [0, 0.05) is 9.92 Å². The Kier molecular flexibility index (Phi) is 6.54. The minimum absolute atomic E-state index is 0.188. The van der Waals surface area contributed by atoms with Gasteiger partial charge in [0.1, 0.15) is 0 Å². The van der Waals surface area contributed by atoms with Crippen molar-refractivity contribution in [1.29, 1.82) is 0 Å². The lowest BCUT2D eigenvalue weighted by atomic mass is 10.2. The minimum atomic E-state index is -0.521. The Balaban J connectivity index is 1.86. The van der Waals surface area contributed by atoms with E-state index >= 15 is 0 Å². The molecule has 2 aromatic rings.